The van der Waals surface area contributed by atoms with Crippen molar-refractivity contribution >= 4 is 17.4 Å². The van der Waals surface area contributed by atoms with Gasteiger partial charge in [-0.05, 0) is 65.3 Å². The van der Waals surface area contributed by atoms with Gasteiger partial charge in [-0.25, -0.2) is 4.79 Å². The van der Waals surface area contributed by atoms with Gasteiger partial charge in [0, 0.05) is 23.5 Å². The SMILES string of the molecule is CC1(C)CCC(O)(c2ccncc2)c2cc(C(=O)c3cccc(C(=O)O)c3N)ccc21. The van der Waals surface area contributed by atoms with E-state index in [4.69, 9.17) is 5.73 Å². The van der Waals surface area contributed by atoms with E-state index in [0.717, 1.165) is 17.5 Å². The van der Waals surface area contributed by atoms with E-state index < -0.39 is 11.6 Å². The van der Waals surface area contributed by atoms with E-state index in [-0.39, 0.29) is 28.0 Å². The number of aromatic nitrogens is 1. The zero-order valence-corrected chi connectivity index (χ0v) is 17.4. The lowest BCUT2D eigenvalue weighted by Crippen LogP contribution is -2.38. The van der Waals surface area contributed by atoms with Crippen LogP contribution in [-0.2, 0) is 11.0 Å². The molecule has 0 saturated heterocycles. The molecule has 0 saturated carbocycles. The zero-order chi connectivity index (χ0) is 22.4. The maximum Gasteiger partial charge on any atom is 0.337 e. The molecule has 2 aromatic carbocycles. The van der Waals surface area contributed by atoms with Gasteiger partial charge in [0.1, 0.15) is 5.60 Å². The monoisotopic (exact) mass is 416 g/mol. The Bertz CT molecular complexity index is 1190. The van der Waals surface area contributed by atoms with E-state index in [9.17, 15) is 19.8 Å². The number of para-hydroxylation sites is 1. The van der Waals surface area contributed by atoms with Crippen molar-refractivity contribution in [3.63, 3.8) is 0 Å². The number of carbonyl (C=O) groups is 2. The van der Waals surface area contributed by atoms with Gasteiger partial charge in [-0.3, -0.25) is 9.78 Å². The Morgan fingerprint density at radius 3 is 2.32 bits per heavy atom. The summed E-state index contributed by atoms with van der Waals surface area (Å²) in [5.74, 6) is -1.57. The van der Waals surface area contributed by atoms with E-state index in [1.54, 1.807) is 36.7 Å². The van der Waals surface area contributed by atoms with Crippen LogP contribution in [0.5, 0.6) is 0 Å². The Morgan fingerprint density at radius 1 is 0.968 bits per heavy atom. The first-order chi connectivity index (χ1) is 14.6. The summed E-state index contributed by atoms with van der Waals surface area (Å²) in [6.07, 6.45) is 4.56. The Balaban J connectivity index is 1.87. The fraction of sp³-hybridized carbons (Fsp3) is 0.240. The summed E-state index contributed by atoms with van der Waals surface area (Å²) in [4.78, 5) is 28.7. The van der Waals surface area contributed by atoms with Crippen molar-refractivity contribution < 1.29 is 19.8 Å². The number of nitrogen functional groups attached to an aromatic ring is 1. The number of benzene rings is 2. The lowest BCUT2D eigenvalue weighted by Gasteiger charge is -2.43. The van der Waals surface area contributed by atoms with Gasteiger partial charge < -0.3 is 15.9 Å². The van der Waals surface area contributed by atoms with Crippen molar-refractivity contribution in [3.05, 3.63) is 94.3 Å². The molecule has 1 aliphatic carbocycles. The summed E-state index contributed by atoms with van der Waals surface area (Å²) in [5.41, 5.74) is 7.23. The van der Waals surface area contributed by atoms with E-state index in [0.29, 0.717) is 17.5 Å². The number of aromatic carboxylic acids is 1. The molecule has 1 atom stereocenters. The van der Waals surface area contributed by atoms with Gasteiger partial charge in [0.2, 0.25) is 0 Å². The molecule has 0 spiro atoms. The number of hydrogen-bond acceptors (Lipinski definition) is 5. The Hall–Kier alpha value is -3.51. The molecule has 0 aliphatic heterocycles. The molecule has 6 nitrogen and oxygen atoms in total. The van der Waals surface area contributed by atoms with Crippen LogP contribution in [0.4, 0.5) is 5.69 Å². The van der Waals surface area contributed by atoms with Crippen molar-refractivity contribution in [1.29, 1.82) is 0 Å². The van der Waals surface area contributed by atoms with Crippen LogP contribution in [0.15, 0.2) is 60.9 Å². The molecular weight excluding hydrogens is 392 g/mol. The molecule has 1 unspecified atom stereocenters. The molecule has 0 amide bonds. The minimum absolute atomic E-state index is 0.0672. The smallest absolute Gasteiger partial charge is 0.337 e. The highest BCUT2D eigenvalue weighted by Gasteiger charge is 2.43. The first kappa shape index (κ1) is 20.8. The van der Waals surface area contributed by atoms with E-state index in [2.05, 4.69) is 18.8 Å². The van der Waals surface area contributed by atoms with Crippen LogP contribution in [0.3, 0.4) is 0 Å². The quantitative estimate of drug-likeness (QED) is 0.439. The fourth-order valence-electron chi connectivity index (χ4n) is 4.41. The summed E-state index contributed by atoms with van der Waals surface area (Å²) in [7, 11) is 0. The third kappa shape index (κ3) is 3.39. The van der Waals surface area contributed by atoms with Crippen molar-refractivity contribution in [1.82, 2.24) is 4.98 Å². The second-order valence-corrected chi connectivity index (χ2v) is 8.64. The van der Waals surface area contributed by atoms with Crippen molar-refractivity contribution in [2.24, 2.45) is 0 Å². The number of hydrogen-bond donors (Lipinski definition) is 3. The van der Waals surface area contributed by atoms with Crippen LogP contribution in [0, 0.1) is 0 Å². The number of carbonyl (C=O) groups excluding carboxylic acids is 1. The highest BCUT2D eigenvalue weighted by molar-refractivity contribution is 6.14. The van der Waals surface area contributed by atoms with Gasteiger partial charge in [-0.15, -0.1) is 0 Å². The van der Waals surface area contributed by atoms with E-state index in [1.807, 2.05) is 6.07 Å². The lowest BCUT2D eigenvalue weighted by molar-refractivity contribution is 0.0495. The molecule has 3 aromatic rings. The minimum Gasteiger partial charge on any atom is -0.478 e. The molecule has 0 fully saturated rings. The average molecular weight is 416 g/mol. The van der Waals surface area contributed by atoms with Crippen LogP contribution in [0.25, 0.3) is 0 Å². The average Bonchev–Trinajstić information content (AvgIpc) is 2.76. The predicted octanol–water partition coefficient (Wildman–Crippen LogP) is 3.90. The van der Waals surface area contributed by atoms with E-state index >= 15 is 0 Å². The van der Waals surface area contributed by atoms with Crippen molar-refractivity contribution in [2.45, 2.75) is 37.7 Å². The molecule has 1 heterocycles. The second kappa shape index (κ2) is 7.32. The number of carboxylic acids is 1. The summed E-state index contributed by atoms with van der Waals surface area (Å²) in [6, 6.07) is 13.3. The number of nitrogens with two attached hydrogens (primary N) is 1. The minimum atomic E-state index is -1.25. The zero-order valence-electron chi connectivity index (χ0n) is 17.4. The first-order valence-electron chi connectivity index (χ1n) is 10.1. The number of rotatable bonds is 4. The molecule has 1 aliphatic rings. The summed E-state index contributed by atoms with van der Waals surface area (Å²) < 4.78 is 0. The number of aliphatic hydroxyl groups is 1. The predicted molar refractivity (Wildman–Crippen MR) is 117 cm³/mol. The van der Waals surface area contributed by atoms with Crippen LogP contribution in [-0.4, -0.2) is 26.9 Å². The largest absolute Gasteiger partial charge is 0.478 e. The molecule has 4 rings (SSSR count). The van der Waals surface area contributed by atoms with Crippen LogP contribution >= 0.6 is 0 Å². The molecule has 4 N–H and O–H groups in total. The number of ketones is 1. The molecule has 0 bridgehead atoms. The number of anilines is 1. The molecule has 6 heteroatoms. The summed E-state index contributed by atoms with van der Waals surface area (Å²) in [6.45, 7) is 4.24. The fourth-order valence-corrected chi connectivity index (χ4v) is 4.41. The van der Waals surface area contributed by atoms with Gasteiger partial charge in [-0.2, -0.15) is 0 Å². The highest BCUT2D eigenvalue weighted by atomic mass is 16.4. The highest BCUT2D eigenvalue weighted by Crippen LogP contribution is 2.48. The summed E-state index contributed by atoms with van der Waals surface area (Å²) >= 11 is 0. The van der Waals surface area contributed by atoms with Gasteiger partial charge in [-0.1, -0.05) is 32.0 Å². The Labute approximate surface area is 180 Å². The second-order valence-electron chi connectivity index (χ2n) is 8.64. The maximum atomic E-state index is 13.3. The topological polar surface area (TPSA) is 114 Å². The van der Waals surface area contributed by atoms with Crippen molar-refractivity contribution in [2.75, 3.05) is 5.73 Å². The molecule has 158 valence electrons. The number of fused-ring (bicyclic) bond motifs is 1. The summed E-state index contributed by atoms with van der Waals surface area (Å²) in [5, 5.41) is 21.1. The lowest BCUT2D eigenvalue weighted by atomic mass is 9.64. The van der Waals surface area contributed by atoms with Crippen LogP contribution in [0.1, 0.15) is 69.7 Å². The van der Waals surface area contributed by atoms with Crippen LogP contribution < -0.4 is 5.73 Å². The van der Waals surface area contributed by atoms with Gasteiger partial charge in [0.25, 0.3) is 0 Å². The maximum absolute atomic E-state index is 13.3. The molecule has 1 aromatic heterocycles. The standard InChI is InChI=1S/C25H24N2O4/c1-24(2)10-11-25(31,16-8-12-27-13-9-16)20-14-15(6-7-19(20)24)22(28)17-4-3-5-18(21(17)26)23(29)30/h3-9,12-14,31H,10-11,26H2,1-2H3,(H,29,30). The number of pyridine rings is 1. The first-order valence-corrected chi connectivity index (χ1v) is 10.1. The van der Waals surface area contributed by atoms with Gasteiger partial charge in [0.15, 0.2) is 5.78 Å². The van der Waals surface area contributed by atoms with Crippen LogP contribution in [0.2, 0.25) is 0 Å². The van der Waals surface area contributed by atoms with Crippen molar-refractivity contribution in [3.8, 4) is 0 Å². The van der Waals surface area contributed by atoms with E-state index in [1.165, 1.54) is 18.2 Å². The Kier molecular flexibility index (Phi) is 4.90. The third-order valence-electron chi connectivity index (χ3n) is 6.31. The number of carboxylic acid groups (broad SMARTS) is 1. The number of nitrogens with zero attached hydrogens (tertiary/aromatic N) is 1. The Morgan fingerprint density at radius 2 is 1.65 bits per heavy atom. The molecular formula is C25H24N2O4. The van der Waals surface area contributed by atoms with Gasteiger partial charge >= 0.3 is 5.97 Å². The third-order valence-corrected chi connectivity index (χ3v) is 6.31. The molecule has 31 heavy (non-hydrogen) atoms. The normalized spacial score (nSPS) is 19.5. The molecule has 0 radical (unpaired) electrons. The van der Waals surface area contributed by atoms with Gasteiger partial charge in [0.05, 0.1) is 11.3 Å².